The molecule has 1 aliphatic carbocycles. The maximum absolute atomic E-state index is 13.6. The molecular formula is C26H28FN3O5. The van der Waals surface area contributed by atoms with E-state index in [4.69, 9.17) is 14.2 Å². The van der Waals surface area contributed by atoms with Crippen LogP contribution in [0.2, 0.25) is 0 Å². The van der Waals surface area contributed by atoms with Crippen LogP contribution in [0.5, 0.6) is 11.5 Å². The summed E-state index contributed by atoms with van der Waals surface area (Å²) in [6, 6.07) is 11.3. The van der Waals surface area contributed by atoms with E-state index in [-0.39, 0.29) is 42.9 Å². The summed E-state index contributed by atoms with van der Waals surface area (Å²) in [5.74, 6) is 0.613. The number of nitrogens with zero attached hydrogens (tertiary/aromatic N) is 3. The quantitative estimate of drug-likeness (QED) is 0.577. The molecule has 9 heteroatoms. The molecular weight excluding hydrogens is 453 g/mol. The molecule has 0 spiro atoms. The van der Waals surface area contributed by atoms with E-state index in [9.17, 15) is 14.0 Å². The molecule has 2 aromatic rings. The van der Waals surface area contributed by atoms with Gasteiger partial charge in [-0.15, -0.1) is 0 Å². The molecule has 0 unspecified atom stereocenters. The first-order valence-electron chi connectivity index (χ1n) is 11.9. The summed E-state index contributed by atoms with van der Waals surface area (Å²) in [5.41, 5.74) is 2.27. The average molecular weight is 482 g/mol. The summed E-state index contributed by atoms with van der Waals surface area (Å²) < 4.78 is 29.6. The highest BCUT2D eigenvalue weighted by molar-refractivity contribution is 6.03. The average Bonchev–Trinajstić information content (AvgIpc) is 3.48. The van der Waals surface area contributed by atoms with Crippen LogP contribution in [0.15, 0.2) is 47.6 Å². The van der Waals surface area contributed by atoms with E-state index in [1.165, 1.54) is 17.1 Å². The number of fused-ring (bicyclic) bond motifs is 1. The maximum Gasteiger partial charge on any atom is 0.262 e. The Balaban J connectivity index is 1.42. The Bertz CT molecular complexity index is 1130. The molecule has 35 heavy (non-hydrogen) atoms. The van der Waals surface area contributed by atoms with Crippen LogP contribution in [0.1, 0.15) is 42.9 Å². The Labute approximate surface area is 203 Å². The van der Waals surface area contributed by atoms with E-state index >= 15 is 0 Å². The second-order valence-corrected chi connectivity index (χ2v) is 9.00. The van der Waals surface area contributed by atoms with E-state index in [2.05, 4.69) is 5.10 Å². The van der Waals surface area contributed by atoms with E-state index in [0.29, 0.717) is 36.8 Å². The lowest BCUT2D eigenvalue weighted by molar-refractivity contribution is -0.146. The molecule has 1 saturated carbocycles. The van der Waals surface area contributed by atoms with Crippen molar-refractivity contribution in [3.63, 3.8) is 0 Å². The van der Waals surface area contributed by atoms with Gasteiger partial charge in [0.2, 0.25) is 12.7 Å². The first kappa shape index (κ1) is 23.3. The van der Waals surface area contributed by atoms with E-state index in [0.717, 1.165) is 30.4 Å². The number of ether oxygens (including phenoxy) is 3. The smallest absolute Gasteiger partial charge is 0.262 e. The van der Waals surface area contributed by atoms with Crippen molar-refractivity contribution in [2.45, 2.75) is 31.7 Å². The van der Waals surface area contributed by atoms with Gasteiger partial charge >= 0.3 is 0 Å². The highest BCUT2D eigenvalue weighted by atomic mass is 19.1. The summed E-state index contributed by atoms with van der Waals surface area (Å²) in [5, 5.41) is 6.10. The first-order chi connectivity index (χ1) is 17.0. The van der Waals surface area contributed by atoms with Gasteiger partial charge < -0.3 is 19.1 Å². The number of hydrogen-bond donors (Lipinski definition) is 0. The van der Waals surface area contributed by atoms with Crippen molar-refractivity contribution in [1.29, 1.82) is 0 Å². The molecule has 2 amide bonds. The van der Waals surface area contributed by atoms with Crippen LogP contribution in [0.3, 0.4) is 0 Å². The predicted octanol–water partition coefficient (Wildman–Crippen LogP) is 3.51. The van der Waals surface area contributed by atoms with Crippen LogP contribution >= 0.6 is 0 Å². The summed E-state index contributed by atoms with van der Waals surface area (Å²) in [6.07, 6.45) is 3.19. The zero-order chi connectivity index (χ0) is 24.4. The Morgan fingerprint density at radius 3 is 2.63 bits per heavy atom. The van der Waals surface area contributed by atoms with Gasteiger partial charge in [-0.1, -0.05) is 24.6 Å². The first-order valence-corrected chi connectivity index (χ1v) is 11.9. The zero-order valence-electron chi connectivity index (χ0n) is 19.6. The van der Waals surface area contributed by atoms with Crippen LogP contribution in [0, 0.1) is 11.7 Å². The lowest BCUT2D eigenvalue weighted by Gasteiger charge is -2.32. The molecule has 1 fully saturated rings. The number of benzene rings is 2. The molecule has 3 aliphatic rings. The van der Waals surface area contributed by atoms with Crippen LogP contribution in [-0.2, 0) is 14.3 Å². The van der Waals surface area contributed by atoms with Gasteiger partial charge in [-0.3, -0.25) is 9.59 Å². The van der Waals surface area contributed by atoms with Crippen molar-refractivity contribution in [3.05, 3.63) is 59.4 Å². The zero-order valence-corrected chi connectivity index (χ0v) is 19.6. The number of amides is 2. The molecule has 0 bridgehead atoms. The normalized spacial score (nSPS) is 18.9. The molecule has 2 heterocycles. The molecule has 0 aromatic heterocycles. The fourth-order valence-electron chi connectivity index (χ4n) is 4.55. The van der Waals surface area contributed by atoms with Crippen molar-refractivity contribution >= 4 is 17.5 Å². The molecule has 184 valence electrons. The van der Waals surface area contributed by atoms with Crippen LogP contribution in [-0.4, -0.2) is 61.0 Å². The van der Waals surface area contributed by atoms with Gasteiger partial charge in [0.05, 0.1) is 18.4 Å². The highest BCUT2D eigenvalue weighted by Crippen LogP contribution is 2.39. The van der Waals surface area contributed by atoms with Gasteiger partial charge in [0, 0.05) is 26.0 Å². The number of rotatable bonds is 8. The Hall–Kier alpha value is -3.46. The van der Waals surface area contributed by atoms with Gasteiger partial charge in [-0.2, -0.15) is 5.10 Å². The topological polar surface area (TPSA) is 80.7 Å². The molecule has 0 radical (unpaired) electrons. The molecule has 8 nitrogen and oxygen atoms in total. The third kappa shape index (κ3) is 4.86. The minimum atomic E-state index is -0.389. The fourth-order valence-corrected chi connectivity index (χ4v) is 4.55. The maximum atomic E-state index is 13.6. The Kier molecular flexibility index (Phi) is 6.68. The minimum absolute atomic E-state index is 0.0109. The number of carbonyl (C=O) groups is 2. The summed E-state index contributed by atoms with van der Waals surface area (Å²) >= 11 is 0. The summed E-state index contributed by atoms with van der Waals surface area (Å²) in [4.78, 5) is 28.1. The van der Waals surface area contributed by atoms with Gasteiger partial charge in [-0.05, 0) is 48.2 Å². The lowest BCUT2D eigenvalue weighted by atomic mass is 9.84. The molecule has 0 saturated heterocycles. The fraction of sp³-hybridized carbons (Fsp3) is 0.423. The molecule has 0 N–H and O–H groups in total. The van der Waals surface area contributed by atoms with E-state index in [1.807, 2.05) is 18.2 Å². The van der Waals surface area contributed by atoms with Gasteiger partial charge in [-0.25, -0.2) is 9.40 Å². The monoisotopic (exact) mass is 481 g/mol. The number of carbonyl (C=O) groups excluding carboxylic acids is 2. The van der Waals surface area contributed by atoms with Crippen LogP contribution in [0.25, 0.3) is 0 Å². The van der Waals surface area contributed by atoms with Gasteiger partial charge in [0.25, 0.3) is 5.91 Å². The summed E-state index contributed by atoms with van der Waals surface area (Å²) in [6.45, 7) is 0.761. The number of hydrogen-bond acceptors (Lipinski definition) is 6. The highest BCUT2D eigenvalue weighted by Gasteiger charge is 2.36. The summed E-state index contributed by atoms with van der Waals surface area (Å²) in [7, 11) is 1.57. The molecule has 1 atom stereocenters. The Morgan fingerprint density at radius 1 is 1.14 bits per heavy atom. The molecule has 2 aliphatic heterocycles. The van der Waals surface area contributed by atoms with E-state index < -0.39 is 0 Å². The SMILES string of the molecule is COCCN(CC(=O)N1N=C(c2ccc(F)cc2)C[C@H]1c1ccc2c(c1)OCO2)C(=O)C1CCC1. The van der Waals surface area contributed by atoms with Crippen molar-refractivity contribution in [1.82, 2.24) is 9.91 Å². The molecule has 5 rings (SSSR count). The third-order valence-corrected chi connectivity index (χ3v) is 6.78. The molecule has 2 aromatic carbocycles. The second-order valence-electron chi connectivity index (χ2n) is 9.00. The number of methoxy groups -OCH3 is 1. The van der Waals surface area contributed by atoms with Gasteiger partial charge in [0.1, 0.15) is 12.4 Å². The predicted molar refractivity (Wildman–Crippen MR) is 126 cm³/mol. The Morgan fingerprint density at radius 2 is 1.91 bits per heavy atom. The standard InChI is InChI=1S/C26H28FN3O5/c1-33-12-11-29(26(32)18-3-2-4-18)15-25(31)30-22(19-7-10-23-24(13-19)35-16-34-23)14-21(28-30)17-5-8-20(27)9-6-17/h5-10,13,18,22H,2-4,11-12,14-16H2,1H3/t22-/m0/s1. The van der Waals surface area contributed by atoms with E-state index in [1.54, 1.807) is 24.1 Å². The largest absolute Gasteiger partial charge is 0.454 e. The number of halogens is 1. The third-order valence-electron chi connectivity index (χ3n) is 6.78. The van der Waals surface area contributed by atoms with Crippen molar-refractivity contribution in [2.24, 2.45) is 11.0 Å². The van der Waals surface area contributed by atoms with Crippen LogP contribution in [0.4, 0.5) is 4.39 Å². The minimum Gasteiger partial charge on any atom is -0.454 e. The second kappa shape index (κ2) is 10.0. The van der Waals surface area contributed by atoms with Crippen molar-refractivity contribution in [2.75, 3.05) is 33.6 Å². The van der Waals surface area contributed by atoms with Crippen molar-refractivity contribution < 1.29 is 28.2 Å². The lowest BCUT2D eigenvalue weighted by Crippen LogP contribution is -2.46. The van der Waals surface area contributed by atoms with Crippen molar-refractivity contribution in [3.8, 4) is 11.5 Å². The van der Waals surface area contributed by atoms with Crippen LogP contribution < -0.4 is 9.47 Å². The number of hydrazone groups is 1. The van der Waals surface area contributed by atoms with Gasteiger partial charge in [0.15, 0.2) is 11.5 Å².